The Morgan fingerprint density at radius 1 is 1.12 bits per heavy atom. The number of rotatable bonds is 10. The van der Waals surface area contributed by atoms with Gasteiger partial charge >= 0.3 is 5.97 Å². The first kappa shape index (κ1) is 24.8. The zero-order valence-corrected chi connectivity index (χ0v) is 20.3. The summed E-state index contributed by atoms with van der Waals surface area (Å²) in [6.07, 6.45) is 7.41. The predicted octanol–water partition coefficient (Wildman–Crippen LogP) is 5.14. The average molecular weight is 461 g/mol. The molecule has 1 amide bonds. The number of nitrogens with one attached hydrogen (secondary N) is 1. The van der Waals surface area contributed by atoms with Crippen molar-refractivity contribution in [3.05, 3.63) is 83.1 Å². The van der Waals surface area contributed by atoms with E-state index in [9.17, 15) is 9.59 Å². The van der Waals surface area contributed by atoms with Gasteiger partial charge in [-0.25, -0.2) is 4.79 Å². The van der Waals surface area contributed by atoms with Gasteiger partial charge in [0.1, 0.15) is 5.75 Å². The highest BCUT2D eigenvalue weighted by Crippen LogP contribution is 2.30. The van der Waals surface area contributed by atoms with Crippen LogP contribution in [0.4, 0.5) is 0 Å². The SMILES string of the molecule is C=CCn1cc(Cc2ccc(C(=O)OC)cc2OC)c2cc(/C=C(/C)C(=O)NCCC)ccc21. The number of carbonyl (C=O) groups is 2. The maximum absolute atomic E-state index is 12.3. The summed E-state index contributed by atoms with van der Waals surface area (Å²) < 4.78 is 12.5. The van der Waals surface area contributed by atoms with Crippen molar-refractivity contribution in [3.63, 3.8) is 0 Å². The molecule has 0 spiro atoms. The fraction of sp³-hybridized carbons (Fsp3) is 0.286. The molecule has 0 aliphatic carbocycles. The number of fused-ring (bicyclic) bond motifs is 1. The Morgan fingerprint density at radius 3 is 2.59 bits per heavy atom. The molecule has 1 aromatic heterocycles. The molecule has 1 N–H and O–H groups in total. The molecular weight excluding hydrogens is 428 g/mol. The van der Waals surface area contributed by atoms with Crippen LogP contribution < -0.4 is 10.1 Å². The number of carbonyl (C=O) groups excluding carboxylic acids is 2. The Labute approximate surface area is 200 Å². The third-order valence-corrected chi connectivity index (χ3v) is 5.68. The molecule has 0 atom stereocenters. The van der Waals surface area contributed by atoms with E-state index in [0.717, 1.165) is 34.0 Å². The first-order valence-electron chi connectivity index (χ1n) is 11.4. The van der Waals surface area contributed by atoms with Crippen molar-refractivity contribution in [3.8, 4) is 5.75 Å². The lowest BCUT2D eigenvalue weighted by molar-refractivity contribution is -0.117. The molecule has 3 aromatic rings. The van der Waals surface area contributed by atoms with Gasteiger partial charge in [0.2, 0.25) is 5.91 Å². The molecule has 3 rings (SSSR count). The molecular formula is C28H32N2O4. The molecule has 0 radical (unpaired) electrons. The van der Waals surface area contributed by atoms with Crippen LogP contribution in [0.1, 0.15) is 47.3 Å². The van der Waals surface area contributed by atoms with Crippen LogP contribution in [-0.4, -0.2) is 37.2 Å². The molecule has 0 saturated carbocycles. The molecule has 0 aliphatic heterocycles. The van der Waals surface area contributed by atoms with Crippen molar-refractivity contribution in [1.29, 1.82) is 0 Å². The van der Waals surface area contributed by atoms with Crippen LogP contribution in [0.2, 0.25) is 0 Å². The third-order valence-electron chi connectivity index (χ3n) is 5.68. The molecule has 6 heteroatoms. The number of allylic oxidation sites excluding steroid dienone is 1. The second-order valence-electron chi connectivity index (χ2n) is 8.15. The summed E-state index contributed by atoms with van der Waals surface area (Å²) in [5.41, 5.74) is 5.24. The van der Waals surface area contributed by atoms with Gasteiger partial charge in [0.25, 0.3) is 0 Å². The number of hydrogen-bond donors (Lipinski definition) is 1. The molecule has 178 valence electrons. The van der Waals surface area contributed by atoms with E-state index in [0.29, 0.717) is 36.4 Å². The fourth-order valence-electron chi connectivity index (χ4n) is 3.94. The average Bonchev–Trinajstić information content (AvgIpc) is 3.18. The number of benzene rings is 2. The van der Waals surface area contributed by atoms with Crippen LogP contribution in [0.3, 0.4) is 0 Å². The third kappa shape index (κ3) is 5.57. The number of esters is 1. The number of ether oxygens (including phenoxy) is 2. The van der Waals surface area contributed by atoms with Crippen molar-refractivity contribution < 1.29 is 19.1 Å². The minimum Gasteiger partial charge on any atom is -0.496 e. The lowest BCUT2D eigenvalue weighted by atomic mass is 10.00. The van der Waals surface area contributed by atoms with Crippen molar-refractivity contribution in [2.24, 2.45) is 0 Å². The quantitative estimate of drug-likeness (QED) is 0.258. The zero-order valence-electron chi connectivity index (χ0n) is 20.3. The maximum Gasteiger partial charge on any atom is 0.337 e. The van der Waals surface area contributed by atoms with E-state index in [2.05, 4.69) is 34.8 Å². The van der Waals surface area contributed by atoms with Crippen LogP contribution in [0.15, 0.2) is 60.8 Å². The van der Waals surface area contributed by atoms with Gasteiger partial charge < -0.3 is 19.4 Å². The van der Waals surface area contributed by atoms with Gasteiger partial charge in [-0.15, -0.1) is 6.58 Å². The molecule has 0 bridgehead atoms. The molecule has 0 saturated heterocycles. The largest absolute Gasteiger partial charge is 0.496 e. The van der Waals surface area contributed by atoms with E-state index >= 15 is 0 Å². The second kappa shape index (κ2) is 11.4. The van der Waals surface area contributed by atoms with Gasteiger partial charge in [-0.2, -0.15) is 0 Å². The van der Waals surface area contributed by atoms with E-state index in [4.69, 9.17) is 9.47 Å². The van der Waals surface area contributed by atoms with Crippen LogP contribution in [0, 0.1) is 0 Å². The van der Waals surface area contributed by atoms with Crippen molar-refractivity contribution in [1.82, 2.24) is 9.88 Å². The minimum atomic E-state index is -0.401. The highest BCUT2D eigenvalue weighted by atomic mass is 16.5. The molecule has 0 aliphatic rings. The standard InChI is InChI=1S/C28H32N2O4/c1-6-12-29-27(31)19(3)14-20-8-11-25-24(15-20)23(18-30(25)13-7-2)16-21-9-10-22(28(32)34-5)17-26(21)33-4/h7-11,14-15,17-18H,2,6,12-13,16H2,1,3-5H3,(H,29,31)/b19-14-. The van der Waals surface area contributed by atoms with E-state index in [-0.39, 0.29) is 5.91 Å². The first-order chi connectivity index (χ1) is 16.4. The number of amides is 1. The molecule has 34 heavy (non-hydrogen) atoms. The van der Waals surface area contributed by atoms with E-state index in [1.165, 1.54) is 7.11 Å². The second-order valence-corrected chi connectivity index (χ2v) is 8.15. The fourth-order valence-corrected chi connectivity index (χ4v) is 3.94. The van der Waals surface area contributed by atoms with Crippen molar-refractivity contribution in [2.75, 3.05) is 20.8 Å². The predicted molar refractivity (Wildman–Crippen MR) is 136 cm³/mol. The Bertz CT molecular complexity index is 1240. The van der Waals surface area contributed by atoms with Crippen LogP contribution in [0.25, 0.3) is 17.0 Å². The number of hydrogen-bond acceptors (Lipinski definition) is 4. The number of methoxy groups -OCH3 is 2. The Balaban J connectivity index is 2.02. The molecule has 2 aromatic carbocycles. The van der Waals surface area contributed by atoms with Crippen LogP contribution >= 0.6 is 0 Å². The summed E-state index contributed by atoms with van der Waals surface area (Å²) in [6, 6.07) is 11.6. The summed E-state index contributed by atoms with van der Waals surface area (Å²) in [7, 11) is 2.95. The molecule has 0 unspecified atom stereocenters. The zero-order chi connectivity index (χ0) is 24.7. The number of nitrogens with zero attached hydrogens (tertiary/aromatic N) is 1. The highest BCUT2D eigenvalue weighted by molar-refractivity contribution is 5.98. The van der Waals surface area contributed by atoms with Gasteiger partial charge in [-0.05, 0) is 60.4 Å². The Hall–Kier alpha value is -3.80. The summed E-state index contributed by atoms with van der Waals surface area (Å²) >= 11 is 0. The van der Waals surface area contributed by atoms with Gasteiger partial charge in [-0.1, -0.05) is 25.1 Å². The maximum atomic E-state index is 12.3. The van der Waals surface area contributed by atoms with Gasteiger partial charge in [0, 0.05) is 42.2 Å². The van der Waals surface area contributed by atoms with Crippen molar-refractivity contribution >= 4 is 28.9 Å². The highest BCUT2D eigenvalue weighted by Gasteiger charge is 2.15. The lowest BCUT2D eigenvalue weighted by Crippen LogP contribution is -2.24. The summed E-state index contributed by atoms with van der Waals surface area (Å²) in [5, 5.41) is 4.01. The van der Waals surface area contributed by atoms with Crippen LogP contribution in [0.5, 0.6) is 5.75 Å². The van der Waals surface area contributed by atoms with E-state index in [1.807, 2.05) is 38.1 Å². The smallest absolute Gasteiger partial charge is 0.337 e. The van der Waals surface area contributed by atoms with Crippen LogP contribution in [-0.2, 0) is 22.5 Å². The monoisotopic (exact) mass is 460 g/mol. The summed E-state index contributed by atoms with van der Waals surface area (Å²) in [5.74, 6) is 0.177. The van der Waals surface area contributed by atoms with Gasteiger partial charge in [0.15, 0.2) is 0 Å². The molecule has 6 nitrogen and oxygen atoms in total. The lowest BCUT2D eigenvalue weighted by Gasteiger charge is -2.10. The van der Waals surface area contributed by atoms with E-state index in [1.54, 1.807) is 19.2 Å². The Morgan fingerprint density at radius 2 is 1.91 bits per heavy atom. The minimum absolute atomic E-state index is 0.0539. The Kier molecular flexibility index (Phi) is 8.30. The number of aromatic nitrogens is 1. The van der Waals surface area contributed by atoms with E-state index < -0.39 is 5.97 Å². The normalized spacial score (nSPS) is 11.4. The van der Waals surface area contributed by atoms with Gasteiger partial charge in [0.05, 0.1) is 19.8 Å². The van der Waals surface area contributed by atoms with Gasteiger partial charge in [-0.3, -0.25) is 4.79 Å². The first-order valence-corrected chi connectivity index (χ1v) is 11.4. The molecule has 1 heterocycles. The molecule has 0 fully saturated rings. The summed E-state index contributed by atoms with van der Waals surface area (Å²) in [4.78, 5) is 24.2. The summed E-state index contributed by atoms with van der Waals surface area (Å²) in [6.45, 7) is 9.08. The topological polar surface area (TPSA) is 69.6 Å². The van der Waals surface area contributed by atoms with Crippen molar-refractivity contribution in [2.45, 2.75) is 33.2 Å².